The molecular weight excluding hydrogens is 312 g/mol. The van der Waals surface area contributed by atoms with Gasteiger partial charge < -0.3 is 9.88 Å². The number of rotatable bonds is 5. The van der Waals surface area contributed by atoms with Gasteiger partial charge in [-0.2, -0.15) is 0 Å². The summed E-state index contributed by atoms with van der Waals surface area (Å²) in [6.07, 6.45) is 6.18. The van der Waals surface area contributed by atoms with Crippen LogP contribution >= 0.6 is 0 Å². The molecule has 0 radical (unpaired) electrons. The lowest BCUT2D eigenvalue weighted by Gasteiger charge is -2.31. The Labute approximate surface area is 150 Å². The van der Waals surface area contributed by atoms with Crippen molar-refractivity contribution >= 4 is 11.6 Å². The smallest absolute Gasteiger partial charge is 0.238 e. The molecule has 1 N–H and O–H groups in total. The van der Waals surface area contributed by atoms with Crippen LogP contribution in [0.25, 0.3) is 0 Å². The molecule has 1 saturated heterocycles. The Bertz CT molecular complexity index is 729. The Hall–Kier alpha value is -2.14. The predicted octanol–water partition coefficient (Wildman–Crippen LogP) is 3.16. The van der Waals surface area contributed by atoms with Crippen LogP contribution in [0, 0.1) is 26.7 Å². The van der Waals surface area contributed by atoms with Gasteiger partial charge in [-0.25, -0.2) is 4.98 Å². The summed E-state index contributed by atoms with van der Waals surface area (Å²) >= 11 is 0. The van der Waals surface area contributed by atoms with Crippen LogP contribution in [0.3, 0.4) is 0 Å². The van der Waals surface area contributed by atoms with Crippen LogP contribution in [-0.4, -0.2) is 40.0 Å². The van der Waals surface area contributed by atoms with E-state index in [2.05, 4.69) is 45.9 Å². The Morgan fingerprint density at radius 3 is 2.68 bits per heavy atom. The molecule has 134 valence electrons. The Kier molecular flexibility index (Phi) is 5.53. The summed E-state index contributed by atoms with van der Waals surface area (Å²) in [6.45, 7) is 9.65. The molecule has 5 nitrogen and oxygen atoms in total. The van der Waals surface area contributed by atoms with E-state index in [9.17, 15) is 4.79 Å². The molecule has 0 spiro atoms. The number of amides is 1. The van der Waals surface area contributed by atoms with Crippen LogP contribution in [0.4, 0.5) is 5.69 Å². The lowest BCUT2D eigenvalue weighted by atomic mass is 9.96. The van der Waals surface area contributed by atoms with E-state index in [1.165, 1.54) is 5.56 Å². The molecular formula is C20H28N4O. The number of piperidine rings is 1. The normalized spacial score (nSPS) is 16.1. The summed E-state index contributed by atoms with van der Waals surface area (Å²) in [5.74, 6) is 1.83. The minimum absolute atomic E-state index is 0.0811. The summed E-state index contributed by atoms with van der Waals surface area (Å²) in [7, 11) is 0. The molecule has 5 heteroatoms. The Morgan fingerprint density at radius 1 is 1.24 bits per heavy atom. The standard InChI is InChI=1S/C20H28N4O/c1-15-5-4-6-19(16(15)2)22-20(25)14-23-10-7-18(8-11-23)13-24-12-9-21-17(24)3/h4-6,9,12,18H,7-8,10-11,13-14H2,1-3H3,(H,22,25). The minimum atomic E-state index is 0.0811. The van der Waals surface area contributed by atoms with Gasteiger partial charge in [0.05, 0.1) is 6.54 Å². The summed E-state index contributed by atoms with van der Waals surface area (Å²) in [5, 5.41) is 3.06. The molecule has 1 aromatic heterocycles. The number of anilines is 1. The van der Waals surface area contributed by atoms with Crippen LogP contribution in [0.2, 0.25) is 0 Å². The number of aromatic nitrogens is 2. The van der Waals surface area contributed by atoms with Gasteiger partial charge in [-0.3, -0.25) is 9.69 Å². The van der Waals surface area contributed by atoms with Crippen LogP contribution < -0.4 is 5.32 Å². The molecule has 2 heterocycles. The highest BCUT2D eigenvalue weighted by atomic mass is 16.2. The molecule has 25 heavy (non-hydrogen) atoms. The molecule has 1 aliphatic heterocycles. The number of imidazole rings is 1. The zero-order valence-electron chi connectivity index (χ0n) is 15.5. The largest absolute Gasteiger partial charge is 0.335 e. The van der Waals surface area contributed by atoms with Gasteiger partial charge >= 0.3 is 0 Å². The second-order valence-electron chi connectivity index (χ2n) is 7.14. The fourth-order valence-corrected chi connectivity index (χ4v) is 3.48. The number of hydrogen-bond donors (Lipinski definition) is 1. The number of carbonyl (C=O) groups is 1. The maximum Gasteiger partial charge on any atom is 0.238 e. The van der Waals surface area contributed by atoms with Crippen molar-refractivity contribution in [2.45, 2.75) is 40.2 Å². The van der Waals surface area contributed by atoms with E-state index in [1.807, 2.05) is 25.3 Å². The topological polar surface area (TPSA) is 50.2 Å². The third-order valence-electron chi connectivity index (χ3n) is 5.33. The van der Waals surface area contributed by atoms with Crippen molar-refractivity contribution < 1.29 is 4.79 Å². The van der Waals surface area contributed by atoms with E-state index < -0.39 is 0 Å². The van der Waals surface area contributed by atoms with Gasteiger partial charge in [0, 0.05) is 24.6 Å². The Morgan fingerprint density at radius 2 is 2.00 bits per heavy atom. The lowest BCUT2D eigenvalue weighted by molar-refractivity contribution is -0.117. The van der Waals surface area contributed by atoms with Crippen LogP contribution in [-0.2, 0) is 11.3 Å². The maximum atomic E-state index is 12.4. The molecule has 1 aliphatic rings. The number of aryl methyl sites for hydroxylation is 2. The average Bonchev–Trinajstić information content (AvgIpc) is 2.99. The van der Waals surface area contributed by atoms with Gasteiger partial charge in [0.25, 0.3) is 0 Å². The highest BCUT2D eigenvalue weighted by Crippen LogP contribution is 2.21. The van der Waals surface area contributed by atoms with Crippen molar-refractivity contribution in [2.24, 2.45) is 5.92 Å². The number of nitrogens with one attached hydrogen (secondary N) is 1. The van der Waals surface area contributed by atoms with Crippen molar-refractivity contribution in [2.75, 3.05) is 25.0 Å². The highest BCUT2D eigenvalue weighted by Gasteiger charge is 2.21. The van der Waals surface area contributed by atoms with Gasteiger partial charge in [-0.1, -0.05) is 12.1 Å². The van der Waals surface area contributed by atoms with Gasteiger partial charge in [0.2, 0.25) is 5.91 Å². The molecule has 0 bridgehead atoms. The summed E-state index contributed by atoms with van der Waals surface area (Å²) in [6, 6.07) is 6.03. The van der Waals surface area contributed by atoms with E-state index in [-0.39, 0.29) is 5.91 Å². The number of hydrogen-bond acceptors (Lipinski definition) is 3. The molecule has 0 atom stereocenters. The first kappa shape index (κ1) is 17.7. The fourth-order valence-electron chi connectivity index (χ4n) is 3.48. The van der Waals surface area contributed by atoms with Crippen molar-refractivity contribution in [3.63, 3.8) is 0 Å². The molecule has 1 aromatic carbocycles. The SMILES string of the molecule is Cc1cccc(NC(=O)CN2CCC(Cn3ccnc3C)CC2)c1C. The fraction of sp³-hybridized carbons (Fsp3) is 0.500. The number of likely N-dealkylation sites (tertiary alicyclic amines) is 1. The average molecular weight is 340 g/mol. The highest BCUT2D eigenvalue weighted by molar-refractivity contribution is 5.93. The molecule has 0 aliphatic carbocycles. The van der Waals surface area contributed by atoms with Crippen LogP contribution in [0.15, 0.2) is 30.6 Å². The van der Waals surface area contributed by atoms with E-state index in [0.29, 0.717) is 12.5 Å². The third kappa shape index (κ3) is 4.48. The van der Waals surface area contributed by atoms with Crippen LogP contribution in [0.1, 0.15) is 29.8 Å². The summed E-state index contributed by atoms with van der Waals surface area (Å²) in [5.41, 5.74) is 3.27. The van der Waals surface area contributed by atoms with Crippen molar-refractivity contribution in [3.05, 3.63) is 47.5 Å². The molecule has 3 rings (SSSR count). The van der Waals surface area contributed by atoms with Crippen molar-refractivity contribution in [1.29, 1.82) is 0 Å². The summed E-state index contributed by atoms with van der Waals surface area (Å²) in [4.78, 5) is 18.9. The lowest BCUT2D eigenvalue weighted by Crippen LogP contribution is -2.40. The molecule has 1 fully saturated rings. The maximum absolute atomic E-state index is 12.4. The van der Waals surface area contributed by atoms with Gasteiger partial charge in [-0.05, 0) is 69.8 Å². The Balaban J connectivity index is 1.46. The number of carbonyl (C=O) groups excluding carboxylic acids is 1. The van der Waals surface area contributed by atoms with Crippen LogP contribution in [0.5, 0.6) is 0 Å². The predicted molar refractivity (Wildman–Crippen MR) is 101 cm³/mol. The molecule has 0 saturated carbocycles. The molecule has 2 aromatic rings. The van der Waals surface area contributed by atoms with E-state index in [0.717, 1.165) is 49.6 Å². The van der Waals surface area contributed by atoms with Gasteiger partial charge in [0.1, 0.15) is 5.82 Å². The summed E-state index contributed by atoms with van der Waals surface area (Å²) < 4.78 is 2.23. The van der Waals surface area contributed by atoms with Gasteiger partial charge in [-0.15, -0.1) is 0 Å². The second kappa shape index (κ2) is 7.83. The third-order valence-corrected chi connectivity index (χ3v) is 5.33. The van der Waals surface area contributed by atoms with E-state index in [1.54, 1.807) is 0 Å². The molecule has 0 unspecified atom stereocenters. The van der Waals surface area contributed by atoms with E-state index in [4.69, 9.17) is 0 Å². The first-order valence-corrected chi connectivity index (χ1v) is 9.09. The van der Waals surface area contributed by atoms with Gasteiger partial charge in [0.15, 0.2) is 0 Å². The number of nitrogens with zero attached hydrogens (tertiary/aromatic N) is 3. The quantitative estimate of drug-likeness (QED) is 0.909. The van der Waals surface area contributed by atoms with E-state index >= 15 is 0 Å². The zero-order chi connectivity index (χ0) is 17.8. The molecule has 1 amide bonds. The first-order valence-electron chi connectivity index (χ1n) is 9.09. The minimum Gasteiger partial charge on any atom is -0.335 e. The zero-order valence-corrected chi connectivity index (χ0v) is 15.5. The second-order valence-corrected chi connectivity index (χ2v) is 7.14. The number of benzene rings is 1. The van der Waals surface area contributed by atoms with Crippen molar-refractivity contribution in [1.82, 2.24) is 14.5 Å². The van der Waals surface area contributed by atoms with Crippen molar-refractivity contribution in [3.8, 4) is 0 Å². The monoisotopic (exact) mass is 340 g/mol. The first-order chi connectivity index (χ1) is 12.0.